The van der Waals surface area contributed by atoms with Gasteiger partial charge in [-0.15, -0.1) is 16.8 Å². The molecule has 0 radical (unpaired) electrons. The maximum atomic E-state index is 12.6. The Balaban J connectivity index is 1.36. The molecule has 1 N–H and O–H groups in total. The lowest BCUT2D eigenvalue weighted by atomic mass is 10.2. The summed E-state index contributed by atoms with van der Waals surface area (Å²) in [6, 6.07) is 18.1. The average molecular weight is 488 g/mol. The molecule has 0 spiro atoms. The van der Waals surface area contributed by atoms with Crippen molar-refractivity contribution in [2.45, 2.75) is 35.3 Å². The predicted molar refractivity (Wildman–Crippen MR) is 139 cm³/mol. The molecule has 4 rings (SSSR count). The van der Waals surface area contributed by atoms with Gasteiger partial charge < -0.3 is 5.32 Å². The third-order valence-electron chi connectivity index (χ3n) is 5.01. The third kappa shape index (κ3) is 5.95. The van der Waals surface area contributed by atoms with Gasteiger partial charge in [0, 0.05) is 40.0 Å². The lowest BCUT2D eigenvalue weighted by molar-refractivity contribution is -0.113. The van der Waals surface area contributed by atoms with Gasteiger partial charge in [-0.3, -0.25) is 14.3 Å². The minimum atomic E-state index is -0.0986. The molecule has 4 aromatic rings. The number of aromatic nitrogens is 4. The van der Waals surface area contributed by atoms with Crippen molar-refractivity contribution >= 4 is 35.1 Å². The minimum absolute atomic E-state index is 0.0986. The molecule has 0 aliphatic rings. The Morgan fingerprint density at radius 2 is 1.82 bits per heavy atom. The van der Waals surface area contributed by atoms with Crippen molar-refractivity contribution in [1.82, 2.24) is 19.7 Å². The summed E-state index contributed by atoms with van der Waals surface area (Å²) in [5, 5.41) is 12.2. The van der Waals surface area contributed by atoms with E-state index >= 15 is 0 Å². The van der Waals surface area contributed by atoms with Gasteiger partial charge in [0.05, 0.1) is 5.75 Å². The first-order chi connectivity index (χ1) is 16.5. The molecule has 172 valence electrons. The number of hydrogen-bond acceptors (Lipinski definition) is 6. The Kier molecular flexibility index (Phi) is 7.82. The first-order valence-corrected chi connectivity index (χ1v) is 12.6. The molecular formula is C26H25N5OS2. The van der Waals surface area contributed by atoms with Crippen LogP contribution in [-0.2, 0) is 11.3 Å². The molecule has 2 aromatic carbocycles. The normalized spacial score (nSPS) is 10.8. The van der Waals surface area contributed by atoms with Gasteiger partial charge in [0.25, 0.3) is 0 Å². The van der Waals surface area contributed by atoms with Crippen LogP contribution < -0.4 is 5.32 Å². The SMILES string of the molecule is C=CCn1c(SCC(=O)Nc2ccc(Sc3cc(C)ccc3C)cc2)nnc1-c1ccncc1. The van der Waals surface area contributed by atoms with Crippen LogP contribution in [-0.4, -0.2) is 31.4 Å². The van der Waals surface area contributed by atoms with Crippen LogP contribution in [0.25, 0.3) is 11.4 Å². The van der Waals surface area contributed by atoms with E-state index in [-0.39, 0.29) is 11.7 Å². The van der Waals surface area contributed by atoms with Crippen LogP contribution in [0.15, 0.2) is 94.6 Å². The van der Waals surface area contributed by atoms with E-state index in [1.54, 1.807) is 30.2 Å². The fourth-order valence-corrected chi connectivity index (χ4v) is 5.03. The second kappa shape index (κ2) is 11.2. The minimum Gasteiger partial charge on any atom is -0.325 e. The van der Waals surface area contributed by atoms with Crippen LogP contribution in [0.2, 0.25) is 0 Å². The molecule has 0 saturated heterocycles. The Morgan fingerprint density at radius 1 is 1.06 bits per heavy atom. The molecule has 0 atom stereocenters. The second-order valence-electron chi connectivity index (χ2n) is 7.67. The van der Waals surface area contributed by atoms with Crippen molar-refractivity contribution in [1.29, 1.82) is 0 Å². The lowest BCUT2D eigenvalue weighted by Gasteiger charge is -2.09. The zero-order valence-corrected chi connectivity index (χ0v) is 20.7. The summed E-state index contributed by atoms with van der Waals surface area (Å²) in [5.41, 5.74) is 4.17. The molecule has 0 bridgehead atoms. The number of thioether (sulfide) groups is 1. The maximum absolute atomic E-state index is 12.6. The number of aryl methyl sites for hydroxylation is 2. The van der Waals surface area contributed by atoms with E-state index in [2.05, 4.69) is 59.1 Å². The van der Waals surface area contributed by atoms with Crippen LogP contribution >= 0.6 is 23.5 Å². The molecule has 0 unspecified atom stereocenters. The van der Waals surface area contributed by atoms with Gasteiger partial charge in [0.15, 0.2) is 11.0 Å². The Hall–Kier alpha value is -3.36. The van der Waals surface area contributed by atoms with Crippen molar-refractivity contribution in [3.05, 3.63) is 90.8 Å². The van der Waals surface area contributed by atoms with Gasteiger partial charge >= 0.3 is 0 Å². The zero-order valence-electron chi connectivity index (χ0n) is 19.1. The van der Waals surface area contributed by atoms with E-state index in [0.29, 0.717) is 11.7 Å². The fraction of sp³-hybridized carbons (Fsp3) is 0.154. The topological polar surface area (TPSA) is 72.7 Å². The van der Waals surface area contributed by atoms with E-state index in [9.17, 15) is 4.79 Å². The average Bonchev–Trinajstić information content (AvgIpc) is 3.24. The number of rotatable bonds is 9. The van der Waals surface area contributed by atoms with Crippen molar-refractivity contribution in [2.24, 2.45) is 0 Å². The van der Waals surface area contributed by atoms with E-state index < -0.39 is 0 Å². The summed E-state index contributed by atoms with van der Waals surface area (Å²) in [7, 11) is 0. The number of pyridine rings is 1. The first kappa shape index (κ1) is 23.8. The molecular weight excluding hydrogens is 462 g/mol. The summed E-state index contributed by atoms with van der Waals surface area (Å²) in [6.45, 7) is 8.59. The van der Waals surface area contributed by atoms with Crippen LogP contribution in [0.5, 0.6) is 0 Å². The molecule has 1 amide bonds. The van der Waals surface area contributed by atoms with Gasteiger partial charge in [-0.05, 0) is 67.4 Å². The van der Waals surface area contributed by atoms with E-state index in [0.717, 1.165) is 22.0 Å². The number of nitrogens with zero attached hydrogens (tertiary/aromatic N) is 4. The molecule has 0 fully saturated rings. The fourth-order valence-electron chi connectivity index (χ4n) is 3.28. The monoisotopic (exact) mass is 487 g/mol. The number of nitrogens with one attached hydrogen (secondary N) is 1. The van der Waals surface area contributed by atoms with Gasteiger partial charge in [-0.1, -0.05) is 41.7 Å². The number of allylic oxidation sites excluding steroid dienone is 1. The quantitative estimate of drug-likeness (QED) is 0.230. The molecule has 0 aliphatic heterocycles. The van der Waals surface area contributed by atoms with Crippen LogP contribution in [0.4, 0.5) is 5.69 Å². The van der Waals surface area contributed by atoms with Crippen LogP contribution in [0.1, 0.15) is 11.1 Å². The van der Waals surface area contributed by atoms with Crippen molar-refractivity contribution in [3.63, 3.8) is 0 Å². The summed E-state index contributed by atoms with van der Waals surface area (Å²) in [5.74, 6) is 0.852. The van der Waals surface area contributed by atoms with Crippen molar-refractivity contribution in [3.8, 4) is 11.4 Å². The van der Waals surface area contributed by atoms with E-state index in [4.69, 9.17) is 0 Å². The predicted octanol–water partition coefficient (Wildman–Crippen LogP) is 6.02. The standard InChI is InChI=1S/C26H25N5OS2/c1-4-15-31-25(20-11-13-27-14-12-20)29-30-26(31)33-17-24(32)28-21-7-9-22(10-8-21)34-23-16-18(2)5-6-19(23)3/h4-14,16H,1,15,17H2,2-3H3,(H,28,32). The number of carbonyl (C=O) groups excluding carboxylic acids is 1. The number of anilines is 1. The first-order valence-electron chi connectivity index (χ1n) is 10.8. The Bertz CT molecular complexity index is 1290. The highest BCUT2D eigenvalue weighted by molar-refractivity contribution is 7.99. The van der Waals surface area contributed by atoms with Crippen LogP contribution in [0.3, 0.4) is 0 Å². The summed E-state index contributed by atoms with van der Waals surface area (Å²) >= 11 is 3.07. The number of hydrogen-bond donors (Lipinski definition) is 1. The smallest absolute Gasteiger partial charge is 0.234 e. The van der Waals surface area contributed by atoms with Gasteiger partial charge in [-0.25, -0.2) is 0 Å². The lowest BCUT2D eigenvalue weighted by Crippen LogP contribution is -2.14. The molecule has 34 heavy (non-hydrogen) atoms. The van der Waals surface area contributed by atoms with Crippen LogP contribution in [0, 0.1) is 13.8 Å². The van der Waals surface area contributed by atoms with E-state index in [1.807, 2.05) is 41.0 Å². The molecule has 8 heteroatoms. The van der Waals surface area contributed by atoms with Gasteiger partial charge in [-0.2, -0.15) is 0 Å². The molecule has 2 aromatic heterocycles. The van der Waals surface area contributed by atoms with Crippen molar-refractivity contribution < 1.29 is 4.79 Å². The Morgan fingerprint density at radius 3 is 2.56 bits per heavy atom. The molecule has 2 heterocycles. The number of carbonyl (C=O) groups is 1. The third-order valence-corrected chi connectivity index (χ3v) is 7.14. The number of benzene rings is 2. The summed E-state index contributed by atoms with van der Waals surface area (Å²) < 4.78 is 1.94. The molecule has 6 nitrogen and oxygen atoms in total. The van der Waals surface area contributed by atoms with Gasteiger partial charge in [0.2, 0.25) is 5.91 Å². The highest BCUT2D eigenvalue weighted by Crippen LogP contribution is 2.31. The van der Waals surface area contributed by atoms with E-state index in [1.165, 1.54) is 27.8 Å². The van der Waals surface area contributed by atoms with Gasteiger partial charge in [0.1, 0.15) is 0 Å². The summed E-state index contributed by atoms with van der Waals surface area (Å²) in [6.07, 6.45) is 5.22. The summed E-state index contributed by atoms with van der Waals surface area (Å²) in [4.78, 5) is 19.0. The maximum Gasteiger partial charge on any atom is 0.234 e. The highest BCUT2D eigenvalue weighted by Gasteiger charge is 2.15. The van der Waals surface area contributed by atoms with Crippen molar-refractivity contribution in [2.75, 3.05) is 11.1 Å². The zero-order chi connectivity index (χ0) is 23.9. The highest BCUT2D eigenvalue weighted by atomic mass is 32.2. The molecule has 0 saturated carbocycles. The second-order valence-corrected chi connectivity index (χ2v) is 9.73. The molecule has 0 aliphatic carbocycles. The largest absolute Gasteiger partial charge is 0.325 e. The Labute approximate surface area is 207 Å². The number of amides is 1.